The molecule has 1 aliphatic heterocycles. The highest BCUT2D eigenvalue weighted by molar-refractivity contribution is 5.97. The summed E-state index contributed by atoms with van der Waals surface area (Å²) in [5.41, 5.74) is 5.87. The molecule has 8 heteroatoms. The van der Waals surface area contributed by atoms with E-state index in [0.717, 1.165) is 34.5 Å². The van der Waals surface area contributed by atoms with E-state index >= 15 is 0 Å². The van der Waals surface area contributed by atoms with Crippen LogP contribution in [0, 0.1) is 0 Å². The van der Waals surface area contributed by atoms with Gasteiger partial charge in [-0.25, -0.2) is 9.67 Å². The molecule has 3 heterocycles. The second kappa shape index (κ2) is 7.33. The normalized spacial score (nSPS) is 15.3. The third-order valence-electron chi connectivity index (χ3n) is 6.07. The number of nitrogens with one attached hydrogen (secondary N) is 2. The minimum absolute atomic E-state index is 0.0124. The predicted molar refractivity (Wildman–Crippen MR) is 121 cm³/mol. The zero-order valence-corrected chi connectivity index (χ0v) is 17.7. The number of nitrogens with zero attached hydrogens (tertiary/aromatic N) is 5. The number of benzene rings is 2. The van der Waals surface area contributed by atoms with Crippen LogP contribution in [0.5, 0.6) is 0 Å². The Hall–Kier alpha value is -3.94. The summed E-state index contributed by atoms with van der Waals surface area (Å²) >= 11 is 0. The molecule has 32 heavy (non-hydrogen) atoms. The molecule has 2 aromatic carbocycles. The van der Waals surface area contributed by atoms with E-state index in [2.05, 4.69) is 48.6 Å². The monoisotopic (exact) mass is 425 g/mol. The Morgan fingerprint density at radius 3 is 2.78 bits per heavy atom. The Labute approximate surface area is 185 Å². The zero-order valence-electron chi connectivity index (χ0n) is 17.7. The fourth-order valence-corrected chi connectivity index (χ4v) is 4.10. The van der Waals surface area contributed by atoms with Crippen molar-refractivity contribution in [1.29, 1.82) is 0 Å². The number of fused-ring (bicyclic) bond motifs is 1. The Morgan fingerprint density at radius 2 is 1.97 bits per heavy atom. The second-order valence-corrected chi connectivity index (χ2v) is 8.41. The average Bonchev–Trinajstić information content (AvgIpc) is 3.43. The van der Waals surface area contributed by atoms with Gasteiger partial charge in [0.15, 0.2) is 5.82 Å². The molecule has 1 saturated carbocycles. The van der Waals surface area contributed by atoms with Gasteiger partial charge >= 0.3 is 0 Å². The standard InChI is InChI=1S/C24H23N7O/c1-30-24(27-18-6-9-20-17(12-18)10-11-25-23(20)32)28-22(29-30)16-4-7-19(8-5-16)31-13-21(26-14-31)15-2-3-15/h4-9,12-15H,2-3,10-11H2,1H3,(H,25,32)(H,27,28,29). The van der Waals surface area contributed by atoms with Crippen LogP contribution < -0.4 is 10.6 Å². The molecular weight excluding hydrogens is 402 g/mol. The van der Waals surface area contributed by atoms with Crippen LogP contribution in [0.25, 0.3) is 17.1 Å². The van der Waals surface area contributed by atoms with Crippen molar-refractivity contribution in [3.05, 3.63) is 71.8 Å². The van der Waals surface area contributed by atoms with Gasteiger partial charge in [-0.1, -0.05) is 0 Å². The summed E-state index contributed by atoms with van der Waals surface area (Å²) in [5, 5.41) is 10.8. The first-order chi connectivity index (χ1) is 15.6. The molecule has 2 N–H and O–H groups in total. The molecule has 2 aliphatic rings. The van der Waals surface area contributed by atoms with Gasteiger partial charge in [0, 0.05) is 48.2 Å². The van der Waals surface area contributed by atoms with E-state index in [1.54, 1.807) is 4.68 Å². The fraction of sp³-hybridized carbons (Fsp3) is 0.250. The summed E-state index contributed by atoms with van der Waals surface area (Å²) < 4.78 is 3.79. The van der Waals surface area contributed by atoms with Crippen LogP contribution in [0.4, 0.5) is 11.6 Å². The van der Waals surface area contributed by atoms with E-state index in [0.29, 0.717) is 24.2 Å². The number of hydrogen-bond donors (Lipinski definition) is 2. The maximum absolute atomic E-state index is 12.0. The molecular formula is C24H23N7O. The SMILES string of the molecule is Cn1nc(-c2ccc(-n3cnc(C4CC4)c3)cc2)nc1Nc1ccc2c(c1)CCNC2=O. The molecule has 1 amide bonds. The molecule has 0 atom stereocenters. The molecule has 4 aromatic rings. The first-order valence-electron chi connectivity index (χ1n) is 10.9. The summed E-state index contributed by atoms with van der Waals surface area (Å²) in [6.07, 6.45) is 7.32. The maximum Gasteiger partial charge on any atom is 0.251 e. The van der Waals surface area contributed by atoms with Crippen molar-refractivity contribution in [3.63, 3.8) is 0 Å². The van der Waals surface area contributed by atoms with E-state index < -0.39 is 0 Å². The Balaban J connectivity index is 1.22. The molecule has 8 nitrogen and oxygen atoms in total. The lowest BCUT2D eigenvalue weighted by Crippen LogP contribution is -2.31. The van der Waals surface area contributed by atoms with Crippen LogP contribution in [-0.2, 0) is 13.5 Å². The van der Waals surface area contributed by atoms with Crippen LogP contribution in [0.15, 0.2) is 55.0 Å². The molecule has 2 aromatic heterocycles. The molecule has 0 spiro atoms. The van der Waals surface area contributed by atoms with Crippen LogP contribution in [0.3, 0.4) is 0 Å². The van der Waals surface area contributed by atoms with Gasteiger partial charge < -0.3 is 15.2 Å². The Morgan fingerprint density at radius 1 is 1.12 bits per heavy atom. The van der Waals surface area contributed by atoms with Gasteiger partial charge in [-0.3, -0.25) is 4.79 Å². The predicted octanol–water partition coefficient (Wildman–Crippen LogP) is 3.57. The molecule has 0 radical (unpaired) electrons. The summed E-state index contributed by atoms with van der Waals surface area (Å²) in [7, 11) is 1.87. The third-order valence-corrected chi connectivity index (χ3v) is 6.07. The first-order valence-corrected chi connectivity index (χ1v) is 10.9. The van der Waals surface area contributed by atoms with Crippen LogP contribution in [0.2, 0.25) is 0 Å². The van der Waals surface area contributed by atoms with Crippen molar-refractivity contribution >= 4 is 17.5 Å². The molecule has 1 fully saturated rings. The quantitative estimate of drug-likeness (QED) is 0.510. The van der Waals surface area contributed by atoms with Crippen molar-refractivity contribution in [2.75, 3.05) is 11.9 Å². The van der Waals surface area contributed by atoms with Crippen molar-refractivity contribution in [1.82, 2.24) is 29.6 Å². The molecule has 1 aliphatic carbocycles. The van der Waals surface area contributed by atoms with E-state index in [1.807, 2.05) is 43.7 Å². The largest absolute Gasteiger partial charge is 0.352 e. The topological polar surface area (TPSA) is 89.7 Å². The Bertz CT molecular complexity index is 1310. The summed E-state index contributed by atoms with van der Waals surface area (Å²) in [5.74, 6) is 1.93. The maximum atomic E-state index is 12.0. The van der Waals surface area contributed by atoms with Gasteiger partial charge in [0.25, 0.3) is 5.91 Å². The van der Waals surface area contributed by atoms with Crippen LogP contribution >= 0.6 is 0 Å². The van der Waals surface area contributed by atoms with Gasteiger partial charge in [0.2, 0.25) is 5.95 Å². The number of anilines is 2. The Kier molecular flexibility index (Phi) is 4.31. The summed E-state index contributed by atoms with van der Waals surface area (Å²) in [6, 6.07) is 13.9. The minimum atomic E-state index is -0.0124. The van der Waals surface area contributed by atoms with Gasteiger partial charge in [-0.2, -0.15) is 4.98 Å². The average molecular weight is 425 g/mol. The highest BCUT2D eigenvalue weighted by Crippen LogP contribution is 2.39. The molecule has 0 bridgehead atoms. The number of carbonyl (C=O) groups excluding carboxylic acids is 1. The number of hydrogen-bond acceptors (Lipinski definition) is 5. The zero-order chi connectivity index (χ0) is 21.7. The lowest BCUT2D eigenvalue weighted by atomic mass is 10.00. The highest BCUT2D eigenvalue weighted by Gasteiger charge is 2.25. The molecule has 0 saturated heterocycles. The number of rotatable bonds is 5. The minimum Gasteiger partial charge on any atom is -0.352 e. The summed E-state index contributed by atoms with van der Waals surface area (Å²) in [4.78, 5) is 21.2. The number of amides is 1. The van der Waals surface area contributed by atoms with Crippen molar-refractivity contribution < 1.29 is 4.79 Å². The first kappa shape index (κ1) is 18.8. The van der Waals surface area contributed by atoms with E-state index in [-0.39, 0.29) is 5.91 Å². The van der Waals surface area contributed by atoms with Gasteiger partial charge in [0.1, 0.15) is 0 Å². The second-order valence-electron chi connectivity index (χ2n) is 8.41. The highest BCUT2D eigenvalue weighted by atomic mass is 16.1. The van der Waals surface area contributed by atoms with Gasteiger partial charge in [-0.15, -0.1) is 5.10 Å². The van der Waals surface area contributed by atoms with E-state index in [4.69, 9.17) is 0 Å². The number of aromatic nitrogens is 5. The van der Waals surface area contributed by atoms with Crippen LogP contribution in [-0.4, -0.2) is 36.8 Å². The number of aryl methyl sites for hydroxylation is 1. The van der Waals surface area contributed by atoms with Gasteiger partial charge in [0.05, 0.1) is 12.0 Å². The van der Waals surface area contributed by atoms with Crippen molar-refractivity contribution in [3.8, 4) is 17.1 Å². The van der Waals surface area contributed by atoms with E-state index in [1.165, 1.54) is 18.5 Å². The molecule has 6 rings (SSSR count). The molecule has 160 valence electrons. The van der Waals surface area contributed by atoms with E-state index in [9.17, 15) is 4.79 Å². The van der Waals surface area contributed by atoms with Crippen molar-refractivity contribution in [2.45, 2.75) is 25.2 Å². The van der Waals surface area contributed by atoms with Crippen molar-refractivity contribution in [2.24, 2.45) is 7.05 Å². The molecule has 0 unspecified atom stereocenters. The number of carbonyl (C=O) groups is 1. The lowest BCUT2D eigenvalue weighted by molar-refractivity contribution is 0.0946. The summed E-state index contributed by atoms with van der Waals surface area (Å²) in [6.45, 7) is 0.667. The third kappa shape index (κ3) is 3.43. The lowest BCUT2D eigenvalue weighted by Gasteiger charge is -2.17. The fourth-order valence-electron chi connectivity index (χ4n) is 4.10. The number of imidazole rings is 1. The van der Waals surface area contributed by atoms with Gasteiger partial charge in [-0.05, 0) is 67.3 Å². The smallest absolute Gasteiger partial charge is 0.251 e. The van der Waals surface area contributed by atoms with Crippen LogP contribution in [0.1, 0.15) is 40.4 Å².